The second-order valence-corrected chi connectivity index (χ2v) is 9.00. The van der Waals surface area contributed by atoms with Crippen LogP contribution in [0.2, 0.25) is 4.34 Å². The van der Waals surface area contributed by atoms with E-state index in [-0.39, 0.29) is 0 Å². The largest absolute Gasteiger partial charge is 0.317 e. The smallest absolute Gasteiger partial charge is 0.252 e. The molecule has 0 unspecified atom stereocenters. The van der Waals surface area contributed by atoms with Gasteiger partial charge in [-0.15, -0.1) is 11.3 Å². The molecule has 2 heterocycles. The molecule has 0 amide bonds. The third-order valence-electron chi connectivity index (χ3n) is 3.69. The molecular formula is C13H21ClN2O2S2. The van der Waals surface area contributed by atoms with Gasteiger partial charge < -0.3 is 5.32 Å². The first-order chi connectivity index (χ1) is 9.45. The van der Waals surface area contributed by atoms with E-state index in [0.717, 1.165) is 42.8 Å². The molecule has 0 aliphatic carbocycles. The van der Waals surface area contributed by atoms with E-state index < -0.39 is 10.0 Å². The highest BCUT2D eigenvalue weighted by molar-refractivity contribution is 7.91. The maximum atomic E-state index is 12.5. The zero-order valence-electron chi connectivity index (χ0n) is 11.9. The summed E-state index contributed by atoms with van der Waals surface area (Å²) in [5.41, 5.74) is 0.831. The molecule has 4 nitrogen and oxygen atoms in total. The lowest BCUT2D eigenvalue weighted by Gasteiger charge is -2.30. The maximum Gasteiger partial charge on any atom is 0.252 e. The molecule has 0 aromatic carbocycles. The maximum absolute atomic E-state index is 12.5. The molecule has 1 N–H and O–H groups in total. The van der Waals surface area contributed by atoms with Crippen LogP contribution >= 0.6 is 22.9 Å². The summed E-state index contributed by atoms with van der Waals surface area (Å²) in [6.45, 7) is 7.07. The molecule has 1 aliphatic rings. The highest BCUT2D eigenvalue weighted by Crippen LogP contribution is 2.33. The fourth-order valence-corrected chi connectivity index (χ4v) is 5.72. The molecule has 114 valence electrons. The van der Waals surface area contributed by atoms with Gasteiger partial charge in [0.25, 0.3) is 10.0 Å². The Balaban J connectivity index is 2.02. The third kappa shape index (κ3) is 3.54. The number of piperidine rings is 1. The van der Waals surface area contributed by atoms with Crippen LogP contribution in [-0.4, -0.2) is 38.9 Å². The Labute approximate surface area is 130 Å². The highest BCUT2D eigenvalue weighted by Gasteiger charge is 2.30. The lowest BCUT2D eigenvalue weighted by Crippen LogP contribution is -2.40. The van der Waals surface area contributed by atoms with Crippen molar-refractivity contribution in [2.75, 3.05) is 26.2 Å². The quantitative estimate of drug-likeness (QED) is 0.899. The van der Waals surface area contributed by atoms with E-state index in [1.54, 1.807) is 10.4 Å². The summed E-state index contributed by atoms with van der Waals surface area (Å²) < 4.78 is 27.6. The van der Waals surface area contributed by atoms with Gasteiger partial charge in [-0.2, -0.15) is 4.31 Å². The van der Waals surface area contributed by atoms with Crippen LogP contribution in [-0.2, 0) is 10.0 Å². The summed E-state index contributed by atoms with van der Waals surface area (Å²) in [4.78, 5) is 0. The number of hydrogen-bond donors (Lipinski definition) is 1. The van der Waals surface area contributed by atoms with E-state index in [2.05, 4.69) is 12.2 Å². The van der Waals surface area contributed by atoms with Gasteiger partial charge in [-0.25, -0.2) is 8.42 Å². The van der Waals surface area contributed by atoms with E-state index in [4.69, 9.17) is 11.6 Å². The number of hydrogen-bond acceptors (Lipinski definition) is 4. The normalized spacial score (nSPS) is 18.6. The number of nitrogens with one attached hydrogen (secondary N) is 1. The molecule has 1 aliphatic heterocycles. The minimum absolute atomic E-state index is 0.366. The van der Waals surface area contributed by atoms with Crippen LogP contribution < -0.4 is 5.32 Å². The molecule has 1 aromatic rings. The van der Waals surface area contributed by atoms with E-state index in [1.165, 1.54) is 0 Å². The van der Waals surface area contributed by atoms with Crippen LogP contribution in [0.15, 0.2) is 10.3 Å². The van der Waals surface area contributed by atoms with E-state index in [9.17, 15) is 8.42 Å². The van der Waals surface area contributed by atoms with Gasteiger partial charge in [0, 0.05) is 13.1 Å². The predicted octanol–water partition coefficient (Wildman–Crippen LogP) is 2.72. The molecule has 1 saturated heterocycles. The van der Waals surface area contributed by atoms with Crippen molar-refractivity contribution in [1.29, 1.82) is 0 Å². The topological polar surface area (TPSA) is 49.4 Å². The third-order valence-corrected chi connectivity index (χ3v) is 7.59. The Morgan fingerprint density at radius 1 is 1.45 bits per heavy atom. The fraction of sp³-hybridized carbons (Fsp3) is 0.692. The summed E-state index contributed by atoms with van der Waals surface area (Å²) in [7, 11) is -3.36. The van der Waals surface area contributed by atoms with Gasteiger partial charge in [0.15, 0.2) is 0 Å². The van der Waals surface area contributed by atoms with Crippen molar-refractivity contribution in [2.24, 2.45) is 5.92 Å². The van der Waals surface area contributed by atoms with Gasteiger partial charge >= 0.3 is 0 Å². The Morgan fingerprint density at radius 3 is 2.60 bits per heavy atom. The van der Waals surface area contributed by atoms with Gasteiger partial charge in [-0.1, -0.05) is 18.5 Å². The van der Waals surface area contributed by atoms with Crippen LogP contribution in [0.25, 0.3) is 0 Å². The van der Waals surface area contributed by atoms with E-state index >= 15 is 0 Å². The number of halogens is 1. The van der Waals surface area contributed by atoms with Crippen molar-refractivity contribution < 1.29 is 8.42 Å². The first-order valence-electron chi connectivity index (χ1n) is 6.92. The molecule has 0 atom stereocenters. The minimum atomic E-state index is -3.36. The van der Waals surface area contributed by atoms with Gasteiger partial charge in [0.05, 0.1) is 4.34 Å². The van der Waals surface area contributed by atoms with Gasteiger partial charge in [0.2, 0.25) is 0 Å². The average Bonchev–Trinajstić information content (AvgIpc) is 2.77. The SMILES string of the molecule is CCNCC1CCN(S(=O)(=O)c2cc(C)c(Cl)s2)CC1. The summed E-state index contributed by atoms with van der Waals surface area (Å²) in [5, 5.41) is 3.33. The molecule has 1 aromatic heterocycles. The minimum Gasteiger partial charge on any atom is -0.317 e. The predicted molar refractivity (Wildman–Crippen MR) is 84.1 cm³/mol. The van der Waals surface area contributed by atoms with Crippen molar-refractivity contribution in [3.05, 3.63) is 16.0 Å². The standard InChI is InChI=1S/C13H21ClN2O2S2/c1-3-15-9-11-4-6-16(7-5-11)20(17,18)12-8-10(2)13(14)19-12/h8,11,15H,3-7,9H2,1-2H3. The number of nitrogens with zero attached hydrogens (tertiary/aromatic N) is 1. The molecule has 0 bridgehead atoms. The summed E-state index contributed by atoms with van der Waals surface area (Å²) >= 11 is 7.14. The molecule has 1 fully saturated rings. The average molecular weight is 337 g/mol. The van der Waals surface area contributed by atoms with Gasteiger partial charge in [-0.3, -0.25) is 0 Å². The summed E-state index contributed by atoms with van der Waals surface area (Å²) in [6, 6.07) is 1.67. The van der Waals surface area contributed by atoms with E-state index in [1.807, 2.05) is 6.92 Å². The number of aryl methyl sites for hydroxylation is 1. The Hall–Kier alpha value is -0.140. The van der Waals surface area contributed by atoms with Gasteiger partial charge in [-0.05, 0) is 50.4 Å². The first-order valence-corrected chi connectivity index (χ1v) is 9.55. The monoisotopic (exact) mass is 336 g/mol. The number of thiophene rings is 1. The van der Waals surface area contributed by atoms with Crippen molar-refractivity contribution in [1.82, 2.24) is 9.62 Å². The lowest BCUT2D eigenvalue weighted by atomic mass is 9.98. The van der Waals surface area contributed by atoms with Crippen LogP contribution in [0.1, 0.15) is 25.3 Å². The molecule has 0 radical (unpaired) electrons. The summed E-state index contributed by atoms with van der Waals surface area (Å²) in [6.07, 6.45) is 1.84. The Morgan fingerprint density at radius 2 is 2.10 bits per heavy atom. The molecule has 7 heteroatoms. The fourth-order valence-electron chi connectivity index (χ4n) is 2.39. The molecule has 0 saturated carbocycles. The molecular weight excluding hydrogens is 316 g/mol. The summed E-state index contributed by atoms with van der Waals surface area (Å²) in [5.74, 6) is 0.579. The van der Waals surface area contributed by atoms with Crippen LogP contribution in [0.5, 0.6) is 0 Å². The van der Waals surface area contributed by atoms with Crippen LogP contribution in [0, 0.1) is 12.8 Å². The van der Waals surface area contributed by atoms with Crippen molar-refractivity contribution in [2.45, 2.75) is 30.9 Å². The second-order valence-electron chi connectivity index (χ2n) is 5.18. The molecule has 20 heavy (non-hydrogen) atoms. The lowest BCUT2D eigenvalue weighted by molar-refractivity contribution is 0.269. The van der Waals surface area contributed by atoms with Crippen LogP contribution in [0.4, 0.5) is 0 Å². The molecule has 0 spiro atoms. The Kier molecular flexibility index (Phi) is 5.48. The molecule has 2 rings (SSSR count). The highest BCUT2D eigenvalue weighted by atomic mass is 35.5. The second kappa shape index (κ2) is 6.75. The van der Waals surface area contributed by atoms with Crippen molar-refractivity contribution >= 4 is 33.0 Å². The van der Waals surface area contributed by atoms with Gasteiger partial charge in [0.1, 0.15) is 4.21 Å². The number of sulfonamides is 1. The number of rotatable bonds is 5. The van der Waals surface area contributed by atoms with E-state index in [0.29, 0.717) is 27.6 Å². The van der Waals surface area contributed by atoms with Crippen molar-refractivity contribution in [3.8, 4) is 0 Å². The zero-order chi connectivity index (χ0) is 14.8. The zero-order valence-corrected chi connectivity index (χ0v) is 14.2. The van der Waals surface area contributed by atoms with Crippen molar-refractivity contribution in [3.63, 3.8) is 0 Å². The van der Waals surface area contributed by atoms with Crippen LogP contribution in [0.3, 0.4) is 0 Å². The Bertz CT molecular complexity index is 529. The first kappa shape index (κ1) is 16.2.